The fourth-order valence-electron chi connectivity index (χ4n) is 3.59. The lowest BCUT2D eigenvalue weighted by Crippen LogP contribution is -2.34. The summed E-state index contributed by atoms with van der Waals surface area (Å²) >= 11 is 1.63. The van der Waals surface area contributed by atoms with E-state index in [0.29, 0.717) is 19.7 Å². The van der Waals surface area contributed by atoms with E-state index >= 15 is 0 Å². The average molecular weight is 395 g/mol. The topological polar surface area (TPSA) is 67.4 Å². The number of anilines is 1. The molecule has 6 nitrogen and oxygen atoms in total. The molecule has 0 fully saturated rings. The van der Waals surface area contributed by atoms with Gasteiger partial charge in [-0.25, -0.2) is 9.97 Å². The van der Waals surface area contributed by atoms with E-state index in [1.807, 2.05) is 23.1 Å². The minimum Gasteiger partial charge on any atom is -0.382 e. The summed E-state index contributed by atoms with van der Waals surface area (Å²) < 4.78 is 5.43. The number of hydrogen-bond acceptors (Lipinski definition) is 6. The molecule has 1 amide bonds. The molecule has 0 saturated carbocycles. The monoisotopic (exact) mass is 394 g/mol. The van der Waals surface area contributed by atoms with Crippen LogP contribution in [0.5, 0.6) is 0 Å². The molecule has 0 saturated heterocycles. The van der Waals surface area contributed by atoms with Crippen molar-refractivity contribution in [1.82, 2.24) is 14.9 Å². The first kappa shape index (κ1) is 18.6. The van der Waals surface area contributed by atoms with Crippen LogP contribution in [0.15, 0.2) is 49.3 Å². The largest absolute Gasteiger partial charge is 0.382 e. The number of carbonyl (C=O) groups is 1. The van der Waals surface area contributed by atoms with Gasteiger partial charge in [-0.3, -0.25) is 4.79 Å². The highest BCUT2D eigenvalue weighted by atomic mass is 32.1. The number of aromatic nitrogens is 2. The average Bonchev–Trinajstić information content (AvgIpc) is 3.12. The summed E-state index contributed by atoms with van der Waals surface area (Å²) in [6, 6.07) is 10.2. The van der Waals surface area contributed by atoms with E-state index in [1.165, 1.54) is 16.5 Å². The molecule has 0 unspecified atom stereocenters. The quantitative estimate of drug-likeness (QED) is 0.648. The molecule has 1 aliphatic rings. The number of amides is 1. The van der Waals surface area contributed by atoms with Crippen molar-refractivity contribution >= 4 is 33.3 Å². The second-order valence-electron chi connectivity index (χ2n) is 6.68. The number of thiophene rings is 1. The number of nitrogens with one attached hydrogen (secondary N) is 1. The minimum absolute atomic E-state index is 0.0118. The number of carbonyl (C=O) groups excluding carboxylic acids is 1. The molecule has 1 aliphatic heterocycles. The number of benzene rings is 1. The number of hydrogen-bond donors (Lipinski definition) is 1. The van der Waals surface area contributed by atoms with Crippen LogP contribution in [-0.2, 0) is 22.5 Å². The predicted octanol–water partition coefficient (Wildman–Crippen LogP) is 3.56. The lowest BCUT2D eigenvalue weighted by atomic mass is 10.0. The molecule has 0 aliphatic carbocycles. The van der Waals surface area contributed by atoms with E-state index in [0.717, 1.165) is 28.0 Å². The van der Waals surface area contributed by atoms with E-state index in [9.17, 15) is 4.79 Å². The Labute approximate surface area is 167 Å². The Hall–Kier alpha value is -2.77. The third kappa shape index (κ3) is 3.50. The Morgan fingerprint density at radius 1 is 1.39 bits per heavy atom. The molecule has 0 radical (unpaired) electrons. The molecule has 3 heterocycles. The van der Waals surface area contributed by atoms with E-state index in [1.54, 1.807) is 24.8 Å². The first-order valence-electron chi connectivity index (χ1n) is 9.18. The highest BCUT2D eigenvalue weighted by Gasteiger charge is 2.26. The van der Waals surface area contributed by atoms with Gasteiger partial charge in [0.05, 0.1) is 24.6 Å². The third-order valence-corrected chi connectivity index (χ3v) is 6.09. The smallest absolute Gasteiger partial charge is 0.246 e. The van der Waals surface area contributed by atoms with Crippen molar-refractivity contribution in [2.24, 2.45) is 0 Å². The molecule has 2 aromatic heterocycles. The van der Waals surface area contributed by atoms with Crippen molar-refractivity contribution in [3.8, 4) is 0 Å². The molecule has 0 spiro atoms. The van der Waals surface area contributed by atoms with Gasteiger partial charge in [-0.05, 0) is 23.6 Å². The van der Waals surface area contributed by atoms with E-state index < -0.39 is 0 Å². The third-order valence-electron chi connectivity index (χ3n) is 4.97. The summed E-state index contributed by atoms with van der Waals surface area (Å²) in [5.41, 5.74) is 2.38. The normalized spacial score (nSPS) is 14.5. The predicted molar refractivity (Wildman–Crippen MR) is 111 cm³/mol. The van der Waals surface area contributed by atoms with Crippen LogP contribution >= 0.6 is 11.3 Å². The summed E-state index contributed by atoms with van der Waals surface area (Å²) in [6.45, 7) is 5.40. The highest BCUT2D eigenvalue weighted by Crippen LogP contribution is 2.38. The summed E-state index contributed by atoms with van der Waals surface area (Å²) in [7, 11) is 1.70. The Morgan fingerprint density at radius 2 is 2.21 bits per heavy atom. The summed E-state index contributed by atoms with van der Waals surface area (Å²) in [5.74, 6) is 0.786. The zero-order chi connectivity index (χ0) is 19.5. The van der Waals surface area contributed by atoms with E-state index in [2.05, 4.69) is 34.0 Å². The molecular weight excluding hydrogens is 372 g/mol. The van der Waals surface area contributed by atoms with Gasteiger partial charge in [-0.1, -0.05) is 36.9 Å². The number of rotatable bonds is 6. The van der Waals surface area contributed by atoms with Crippen LogP contribution in [0.1, 0.15) is 22.0 Å². The van der Waals surface area contributed by atoms with Crippen LogP contribution in [0.4, 0.5) is 5.82 Å². The van der Waals surface area contributed by atoms with E-state index in [4.69, 9.17) is 4.74 Å². The van der Waals surface area contributed by atoms with Crippen molar-refractivity contribution in [3.63, 3.8) is 0 Å². The maximum absolute atomic E-state index is 12.0. The van der Waals surface area contributed by atoms with Gasteiger partial charge in [0.15, 0.2) is 0 Å². The number of methoxy groups -OCH3 is 1. The molecule has 7 heteroatoms. The van der Waals surface area contributed by atoms with Crippen molar-refractivity contribution < 1.29 is 9.53 Å². The highest BCUT2D eigenvalue weighted by molar-refractivity contribution is 7.19. The van der Waals surface area contributed by atoms with Crippen LogP contribution in [0.3, 0.4) is 0 Å². The fraction of sp³-hybridized carbons (Fsp3) is 0.286. The number of fused-ring (bicyclic) bond motifs is 3. The molecule has 1 N–H and O–H groups in total. The first-order chi connectivity index (χ1) is 13.7. The summed E-state index contributed by atoms with van der Waals surface area (Å²) in [5, 5.41) is 4.61. The first-order valence-corrected chi connectivity index (χ1v) is 10.00. The van der Waals surface area contributed by atoms with Gasteiger partial charge in [0.1, 0.15) is 17.0 Å². The zero-order valence-electron chi connectivity index (χ0n) is 15.7. The molecule has 28 heavy (non-hydrogen) atoms. The number of nitrogens with zero attached hydrogens (tertiary/aromatic N) is 3. The molecule has 1 atom stereocenters. The maximum atomic E-state index is 12.0. The van der Waals surface area contributed by atoms with Crippen molar-refractivity contribution in [1.29, 1.82) is 0 Å². The van der Waals surface area contributed by atoms with Crippen LogP contribution in [-0.4, -0.2) is 41.0 Å². The van der Waals surface area contributed by atoms with Gasteiger partial charge in [-0.15, -0.1) is 11.3 Å². The van der Waals surface area contributed by atoms with Crippen molar-refractivity contribution in [2.45, 2.75) is 19.0 Å². The van der Waals surface area contributed by atoms with Crippen LogP contribution in [0.25, 0.3) is 10.2 Å². The van der Waals surface area contributed by atoms with Gasteiger partial charge in [0, 0.05) is 18.5 Å². The Balaban J connectivity index is 1.69. The van der Waals surface area contributed by atoms with Crippen LogP contribution in [0, 0.1) is 0 Å². The van der Waals surface area contributed by atoms with Gasteiger partial charge in [0.2, 0.25) is 5.91 Å². The summed E-state index contributed by atoms with van der Waals surface area (Å²) in [4.78, 5) is 24.9. The second kappa shape index (κ2) is 8.08. The van der Waals surface area contributed by atoms with Gasteiger partial charge in [0.25, 0.3) is 0 Å². The van der Waals surface area contributed by atoms with Gasteiger partial charge in [-0.2, -0.15) is 0 Å². The molecule has 144 valence electrons. The maximum Gasteiger partial charge on any atom is 0.246 e. The minimum atomic E-state index is -0.0308. The summed E-state index contributed by atoms with van der Waals surface area (Å²) in [6.07, 6.45) is 3.76. The van der Waals surface area contributed by atoms with Crippen molar-refractivity contribution in [3.05, 3.63) is 65.3 Å². The standard InChI is InChI=1S/C21H22N4O2S/c1-3-18(26)25-10-9-15-17(11-25)28-21-19(15)20(22-13-23-21)24-16(12-27-2)14-7-5-4-6-8-14/h3-8,13,16H,1,9-12H2,2H3,(H,22,23,24)/t16-/m1/s1. The molecule has 4 rings (SSSR count). The Kier molecular flexibility index (Phi) is 5.36. The van der Waals surface area contributed by atoms with Crippen molar-refractivity contribution in [2.75, 3.05) is 25.6 Å². The van der Waals surface area contributed by atoms with Crippen LogP contribution < -0.4 is 5.32 Å². The molecule has 0 bridgehead atoms. The SMILES string of the molecule is C=CC(=O)N1CCc2c(sc3ncnc(N[C@H](COC)c4ccccc4)c23)C1. The Morgan fingerprint density at radius 3 is 2.96 bits per heavy atom. The molecule has 3 aromatic rings. The zero-order valence-corrected chi connectivity index (χ0v) is 16.5. The molecule has 1 aromatic carbocycles. The van der Waals surface area contributed by atoms with Gasteiger partial charge < -0.3 is 15.0 Å². The lowest BCUT2D eigenvalue weighted by molar-refractivity contribution is -0.126. The van der Waals surface area contributed by atoms with E-state index in [-0.39, 0.29) is 11.9 Å². The lowest BCUT2D eigenvalue weighted by Gasteiger charge is -2.26. The Bertz CT molecular complexity index is 1000. The van der Waals surface area contributed by atoms with Crippen LogP contribution in [0.2, 0.25) is 0 Å². The second-order valence-corrected chi connectivity index (χ2v) is 7.77. The number of ether oxygens (including phenoxy) is 1. The van der Waals surface area contributed by atoms with Gasteiger partial charge >= 0.3 is 0 Å². The molecular formula is C21H22N4O2S. The fourth-order valence-corrected chi connectivity index (χ4v) is 4.80.